The van der Waals surface area contributed by atoms with Gasteiger partial charge in [-0.15, -0.1) is 11.3 Å². The first kappa shape index (κ1) is 22.5. The van der Waals surface area contributed by atoms with Gasteiger partial charge in [-0.25, -0.2) is 4.98 Å². The molecule has 0 saturated heterocycles. The van der Waals surface area contributed by atoms with E-state index in [1.807, 2.05) is 32.9 Å². The Labute approximate surface area is 194 Å². The zero-order valence-electron chi connectivity index (χ0n) is 18.4. The minimum Gasteiger partial charge on any atom is -0.284 e. The normalized spacial score (nSPS) is 14.1. The first-order valence-electron chi connectivity index (χ1n) is 10.7. The monoisotopic (exact) mass is 470 g/mol. The van der Waals surface area contributed by atoms with Crippen LogP contribution in [0.1, 0.15) is 58.1 Å². The van der Waals surface area contributed by atoms with E-state index in [0.717, 1.165) is 46.5 Å². The summed E-state index contributed by atoms with van der Waals surface area (Å²) in [6, 6.07) is 7.20. The van der Waals surface area contributed by atoms with Crippen molar-refractivity contribution in [1.82, 2.24) is 20.4 Å². The quantitative estimate of drug-likeness (QED) is 0.333. The van der Waals surface area contributed by atoms with Gasteiger partial charge in [0.2, 0.25) is 5.91 Å². The van der Waals surface area contributed by atoms with Crippen LogP contribution in [0, 0.1) is 20.8 Å². The standard InChI is InChI=1S/C23H26N4O3S2/c1-13-8-10-16(11-9-13)20(29)26-25-18(28)12-31-23-24-21-19(14(2)15(3)32-21)22(30)27(23)17-6-4-5-7-17/h8-11,17H,4-7,12H2,1-3H3,(H,25,28)(H,26,29). The van der Waals surface area contributed by atoms with Crippen LogP contribution in [0.15, 0.2) is 34.2 Å². The lowest BCUT2D eigenvalue weighted by atomic mass is 10.1. The Morgan fingerprint density at radius 3 is 2.50 bits per heavy atom. The number of carbonyl (C=O) groups is 2. The van der Waals surface area contributed by atoms with Crippen LogP contribution in [0.5, 0.6) is 0 Å². The maximum absolute atomic E-state index is 13.4. The number of aromatic nitrogens is 2. The third-order valence-electron chi connectivity index (χ3n) is 5.85. The molecule has 1 aliphatic rings. The molecule has 0 spiro atoms. The summed E-state index contributed by atoms with van der Waals surface area (Å²) in [5, 5.41) is 1.26. The van der Waals surface area contributed by atoms with Gasteiger partial charge in [-0.1, -0.05) is 42.3 Å². The summed E-state index contributed by atoms with van der Waals surface area (Å²) in [6.07, 6.45) is 4.07. The van der Waals surface area contributed by atoms with Gasteiger partial charge < -0.3 is 0 Å². The molecular formula is C23H26N4O3S2. The average Bonchev–Trinajstić information content (AvgIpc) is 3.39. The van der Waals surface area contributed by atoms with Crippen molar-refractivity contribution >= 4 is 45.1 Å². The summed E-state index contributed by atoms with van der Waals surface area (Å²) in [4.78, 5) is 44.5. The summed E-state index contributed by atoms with van der Waals surface area (Å²) in [7, 11) is 0. The first-order chi connectivity index (χ1) is 15.3. The summed E-state index contributed by atoms with van der Waals surface area (Å²) in [5.41, 5.74) is 7.38. The van der Waals surface area contributed by atoms with E-state index in [1.54, 1.807) is 16.7 Å². The maximum Gasteiger partial charge on any atom is 0.269 e. The molecule has 2 aromatic heterocycles. The molecule has 2 N–H and O–H groups in total. The second kappa shape index (κ2) is 9.46. The smallest absolute Gasteiger partial charge is 0.269 e. The van der Waals surface area contributed by atoms with Gasteiger partial charge in [0, 0.05) is 16.5 Å². The Balaban J connectivity index is 1.49. The molecular weight excluding hydrogens is 444 g/mol. The van der Waals surface area contributed by atoms with Gasteiger partial charge in [-0.05, 0) is 51.3 Å². The molecule has 168 valence electrons. The third-order valence-corrected chi connectivity index (χ3v) is 7.91. The van der Waals surface area contributed by atoms with Crippen LogP contribution in [0.2, 0.25) is 0 Å². The zero-order valence-corrected chi connectivity index (χ0v) is 20.0. The van der Waals surface area contributed by atoms with E-state index in [9.17, 15) is 14.4 Å². The third kappa shape index (κ3) is 4.59. The van der Waals surface area contributed by atoms with Crippen LogP contribution in [0.25, 0.3) is 10.2 Å². The van der Waals surface area contributed by atoms with Crippen molar-refractivity contribution in [3.05, 3.63) is 56.2 Å². The number of amides is 2. The van der Waals surface area contributed by atoms with Crippen molar-refractivity contribution in [1.29, 1.82) is 0 Å². The van der Waals surface area contributed by atoms with Gasteiger partial charge >= 0.3 is 0 Å². The van der Waals surface area contributed by atoms with Crippen molar-refractivity contribution in [2.45, 2.75) is 57.7 Å². The fraction of sp³-hybridized carbons (Fsp3) is 0.391. The van der Waals surface area contributed by atoms with Crippen LogP contribution < -0.4 is 16.4 Å². The summed E-state index contributed by atoms with van der Waals surface area (Å²) in [5.74, 6) is -0.695. The molecule has 0 unspecified atom stereocenters. The van der Waals surface area contributed by atoms with Gasteiger partial charge in [0.15, 0.2) is 5.16 Å². The number of nitrogens with one attached hydrogen (secondary N) is 2. The lowest BCUT2D eigenvalue weighted by molar-refractivity contribution is -0.119. The van der Waals surface area contributed by atoms with Gasteiger partial charge in [-0.3, -0.25) is 29.8 Å². The molecule has 7 nitrogen and oxygen atoms in total. The van der Waals surface area contributed by atoms with Crippen LogP contribution in [-0.4, -0.2) is 27.1 Å². The highest BCUT2D eigenvalue weighted by atomic mass is 32.2. The number of thiophene rings is 1. The largest absolute Gasteiger partial charge is 0.284 e. The predicted molar refractivity (Wildman–Crippen MR) is 128 cm³/mol. The number of hydrazine groups is 1. The highest BCUT2D eigenvalue weighted by molar-refractivity contribution is 7.99. The Morgan fingerprint density at radius 2 is 1.81 bits per heavy atom. The molecule has 4 rings (SSSR count). The molecule has 1 saturated carbocycles. The number of hydrogen-bond acceptors (Lipinski definition) is 6. The number of fused-ring (bicyclic) bond motifs is 1. The van der Waals surface area contributed by atoms with Gasteiger partial charge in [0.05, 0.1) is 11.1 Å². The summed E-state index contributed by atoms with van der Waals surface area (Å²) in [6.45, 7) is 5.90. The number of hydrogen-bond donors (Lipinski definition) is 2. The molecule has 3 aromatic rings. The number of nitrogens with zero attached hydrogens (tertiary/aromatic N) is 2. The van der Waals surface area contributed by atoms with E-state index in [0.29, 0.717) is 16.1 Å². The van der Waals surface area contributed by atoms with E-state index in [1.165, 1.54) is 23.1 Å². The molecule has 0 aliphatic heterocycles. The van der Waals surface area contributed by atoms with Crippen LogP contribution in [0.4, 0.5) is 0 Å². The Hall–Kier alpha value is -2.65. The Morgan fingerprint density at radius 1 is 1.12 bits per heavy atom. The van der Waals surface area contributed by atoms with Crippen molar-refractivity contribution < 1.29 is 9.59 Å². The second-order valence-electron chi connectivity index (χ2n) is 8.13. The molecule has 0 bridgehead atoms. The number of carbonyl (C=O) groups excluding carboxylic acids is 2. The lowest BCUT2D eigenvalue weighted by Gasteiger charge is -2.18. The van der Waals surface area contributed by atoms with Crippen molar-refractivity contribution in [3.63, 3.8) is 0 Å². The number of rotatable bonds is 5. The molecule has 1 aromatic carbocycles. The van der Waals surface area contributed by atoms with E-state index in [-0.39, 0.29) is 29.2 Å². The topological polar surface area (TPSA) is 93.1 Å². The first-order valence-corrected chi connectivity index (χ1v) is 12.5. The highest BCUT2D eigenvalue weighted by Crippen LogP contribution is 2.34. The van der Waals surface area contributed by atoms with Crippen LogP contribution in [0.3, 0.4) is 0 Å². The molecule has 1 aliphatic carbocycles. The van der Waals surface area contributed by atoms with Crippen molar-refractivity contribution in [2.75, 3.05) is 5.75 Å². The minimum atomic E-state index is -0.379. The van der Waals surface area contributed by atoms with Gasteiger partial charge in [0.1, 0.15) is 4.83 Å². The van der Waals surface area contributed by atoms with E-state index < -0.39 is 0 Å². The Kier molecular flexibility index (Phi) is 6.66. The molecule has 0 atom stereocenters. The van der Waals surface area contributed by atoms with Crippen LogP contribution >= 0.6 is 23.1 Å². The molecule has 32 heavy (non-hydrogen) atoms. The van der Waals surface area contributed by atoms with E-state index >= 15 is 0 Å². The molecule has 2 heterocycles. The van der Waals surface area contributed by atoms with E-state index in [4.69, 9.17) is 4.98 Å². The summed E-state index contributed by atoms with van der Waals surface area (Å²) >= 11 is 2.74. The molecule has 0 radical (unpaired) electrons. The SMILES string of the molecule is Cc1ccc(C(=O)NNC(=O)CSc2nc3sc(C)c(C)c3c(=O)n2C2CCCC2)cc1. The summed E-state index contributed by atoms with van der Waals surface area (Å²) < 4.78 is 1.79. The van der Waals surface area contributed by atoms with Crippen molar-refractivity contribution in [3.8, 4) is 0 Å². The maximum atomic E-state index is 13.4. The second-order valence-corrected chi connectivity index (χ2v) is 10.3. The van der Waals surface area contributed by atoms with Crippen LogP contribution in [-0.2, 0) is 4.79 Å². The molecule has 2 amide bonds. The molecule has 1 fully saturated rings. The van der Waals surface area contributed by atoms with Gasteiger partial charge in [0.25, 0.3) is 11.5 Å². The fourth-order valence-corrected chi connectivity index (χ4v) is 5.88. The predicted octanol–water partition coefficient (Wildman–Crippen LogP) is 4.05. The fourth-order valence-electron chi connectivity index (χ4n) is 3.94. The number of aryl methyl sites for hydroxylation is 3. The molecule has 9 heteroatoms. The van der Waals surface area contributed by atoms with E-state index in [2.05, 4.69) is 10.9 Å². The number of benzene rings is 1. The van der Waals surface area contributed by atoms with Crippen molar-refractivity contribution in [2.24, 2.45) is 0 Å². The van der Waals surface area contributed by atoms with Gasteiger partial charge in [-0.2, -0.15) is 0 Å². The highest BCUT2D eigenvalue weighted by Gasteiger charge is 2.25. The minimum absolute atomic E-state index is 0.0145. The zero-order chi connectivity index (χ0) is 22.8. The Bertz CT molecular complexity index is 1220. The lowest BCUT2D eigenvalue weighted by Crippen LogP contribution is -2.42. The average molecular weight is 471 g/mol. The number of thioether (sulfide) groups is 1.